The first kappa shape index (κ1) is 22.3. The van der Waals surface area contributed by atoms with Crippen molar-refractivity contribution in [3.63, 3.8) is 0 Å². The zero-order valence-electron chi connectivity index (χ0n) is 16.9. The third kappa shape index (κ3) is 4.79. The second-order valence-electron chi connectivity index (χ2n) is 7.47. The van der Waals surface area contributed by atoms with Crippen molar-refractivity contribution in [2.45, 2.75) is 12.5 Å². The van der Waals surface area contributed by atoms with Gasteiger partial charge in [-0.05, 0) is 29.8 Å². The summed E-state index contributed by atoms with van der Waals surface area (Å²) in [5, 5.41) is 21.4. The number of urea groups is 1. The largest absolute Gasteiger partial charge is 0.394 e. The van der Waals surface area contributed by atoms with Crippen LogP contribution in [0.5, 0.6) is 0 Å². The summed E-state index contributed by atoms with van der Waals surface area (Å²) in [5.74, 6) is -1.68. The van der Waals surface area contributed by atoms with Crippen LogP contribution in [0.3, 0.4) is 0 Å². The lowest BCUT2D eigenvalue weighted by atomic mass is 10.1. The van der Waals surface area contributed by atoms with Crippen LogP contribution in [0.15, 0.2) is 30.3 Å². The van der Waals surface area contributed by atoms with Crippen molar-refractivity contribution in [3.8, 4) is 0 Å². The molecule has 0 aliphatic carbocycles. The molecule has 7 nitrogen and oxygen atoms in total. The summed E-state index contributed by atoms with van der Waals surface area (Å²) in [6, 6.07) is 5.92. The summed E-state index contributed by atoms with van der Waals surface area (Å²) in [5.41, 5.74) is 0.656. The van der Waals surface area contributed by atoms with Gasteiger partial charge in [-0.25, -0.2) is 22.9 Å². The summed E-state index contributed by atoms with van der Waals surface area (Å²) in [7, 11) is 0. The third-order valence-corrected chi connectivity index (χ3v) is 6.19. The smallest absolute Gasteiger partial charge is 0.323 e. The summed E-state index contributed by atoms with van der Waals surface area (Å²) in [6.45, 7) is 0.635. The van der Waals surface area contributed by atoms with Crippen molar-refractivity contribution in [1.82, 2.24) is 9.88 Å². The number of thiazole rings is 1. The number of aliphatic hydroxyl groups is 2. The van der Waals surface area contributed by atoms with Gasteiger partial charge in [-0.2, -0.15) is 0 Å². The number of nitrogens with one attached hydrogen (secondary N) is 1. The fourth-order valence-corrected chi connectivity index (χ4v) is 4.45. The number of hydrogen-bond acceptors (Lipinski definition) is 6. The number of carbonyl (C=O) groups is 1. The molecule has 1 atom stereocenters. The van der Waals surface area contributed by atoms with Crippen LogP contribution in [0.25, 0.3) is 10.2 Å². The Morgan fingerprint density at radius 1 is 1.12 bits per heavy atom. The number of fused-ring (bicyclic) bond motifs is 1. The molecule has 1 unspecified atom stereocenters. The molecule has 1 aromatic heterocycles. The van der Waals surface area contributed by atoms with Gasteiger partial charge in [-0.1, -0.05) is 11.3 Å². The van der Waals surface area contributed by atoms with Crippen LogP contribution in [-0.2, 0) is 6.42 Å². The highest BCUT2D eigenvalue weighted by Crippen LogP contribution is 2.28. The van der Waals surface area contributed by atoms with Gasteiger partial charge in [0.1, 0.15) is 17.5 Å². The molecule has 0 spiro atoms. The number of anilines is 2. The molecule has 2 aromatic carbocycles. The number of aliphatic hydroxyl groups excluding tert-OH is 2. The van der Waals surface area contributed by atoms with Gasteiger partial charge in [0.25, 0.3) is 0 Å². The van der Waals surface area contributed by atoms with E-state index in [0.717, 1.165) is 12.1 Å². The van der Waals surface area contributed by atoms with E-state index >= 15 is 0 Å². The normalized spacial score (nSPS) is 15.3. The van der Waals surface area contributed by atoms with Crippen LogP contribution in [0.4, 0.5) is 28.8 Å². The number of piperazine rings is 1. The monoisotopic (exact) mass is 466 g/mol. The number of nitrogens with zero attached hydrogens (tertiary/aromatic N) is 3. The van der Waals surface area contributed by atoms with Crippen molar-refractivity contribution in [2.75, 3.05) is 43.0 Å². The molecule has 1 aliphatic rings. The molecule has 0 radical (unpaired) electrons. The molecule has 3 N–H and O–H groups in total. The molecular weight excluding hydrogens is 445 g/mol. The Labute approximate surface area is 185 Å². The maximum Gasteiger partial charge on any atom is 0.323 e. The Morgan fingerprint density at radius 3 is 2.59 bits per heavy atom. The van der Waals surface area contributed by atoms with Gasteiger partial charge < -0.3 is 20.0 Å². The van der Waals surface area contributed by atoms with Crippen molar-refractivity contribution in [3.05, 3.63) is 53.3 Å². The average Bonchev–Trinajstić information content (AvgIpc) is 3.17. The number of benzene rings is 2. The van der Waals surface area contributed by atoms with E-state index in [-0.39, 0.29) is 42.6 Å². The van der Waals surface area contributed by atoms with E-state index in [1.165, 1.54) is 23.5 Å². The second-order valence-corrected chi connectivity index (χ2v) is 8.50. The van der Waals surface area contributed by atoms with Crippen LogP contribution < -0.4 is 10.2 Å². The Hall–Kier alpha value is -2.89. The van der Waals surface area contributed by atoms with Crippen molar-refractivity contribution in [1.29, 1.82) is 0 Å². The Balaban J connectivity index is 1.38. The second kappa shape index (κ2) is 9.31. The summed E-state index contributed by atoms with van der Waals surface area (Å²) >= 11 is 1.17. The highest BCUT2D eigenvalue weighted by molar-refractivity contribution is 7.22. The van der Waals surface area contributed by atoms with E-state index < -0.39 is 24.3 Å². The first-order valence-electron chi connectivity index (χ1n) is 9.98. The highest BCUT2D eigenvalue weighted by atomic mass is 32.1. The highest BCUT2D eigenvalue weighted by Gasteiger charge is 2.25. The number of halogens is 3. The van der Waals surface area contributed by atoms with E-state index in [9.17, 15) is 23.1 Å². The molecule has 0 bridgehead atoms. The first-order chi connectivity index (χ1) is 15.3. The SMILES string of the molecule is O=C(Nc1nc2ccc(F)cc2s1)N1CCN(c2cc(F)c(CC(O)CO)cc2F)CC1. The third-order valence-electron chi connectivity index (χ3n) is 5.25. The fourth-order valence-electron chi connectivity index (χ4n) is 3.57. The summed E-state index contributed by atoms with van der Waals surface area (Å²) in [6.07, 6.45) is -1.35. The molecular formula is C21H21F3N4O3S. The molecule has 2 heterocycles. The van der Waals surface area contributed by atoms with Crippen molar-refractivity contribution >= 4 is 38.4 Å². The lowest BCUT2D eigenvalue weighted by molar-refractivity contribution is 0.0947. The van der Waals surface area contributed by atoms with Gasteiger partial charge in [0.15, 0.2) is 5.13 Å². The number of hydrogen-bond donors (Lipinski definition) is 3. The van der Waals surface area contributed by atoms with Crippen LogP contribution in [-0.4, -0.2) is 65.0 Å². The summed E-state index contributed by atoms with van der Waals surface area (Å²) in [4.78, 5) is 20.0. The van der Waals surface area contributed by atoms with Gasteiger partial charge in [0, 0.05) is 38.7 Å². The van der Waals surface area contributed by atoms with Gasteiger partial charge in [-0.15, -0.1) is 0 Å². The molecule has 4 rings (SSSR count). The molecule has 0 saturated carbocycles. The molecule has 3 aromatic rings. The average molecular weight is 466 g/mol. The molecule has 1 aliphatic heterocycles. The van der Waals surface area contributed by atoms with Crippen molar-refractivity contribution in [2.24, 2.45) is 0 Å². The minimum Gasteiger partial charge on any atom is -0.394 e. The number of aromatic nitrogens is 1. The predicted molar refractivity (Wildman–Crippen MR) is 116 cm³/mol. The van der Waals surface area contributed by atoms with E-state index in [1.54, 1.807) is 15.9 Å². The number of rotatable bonds is 5. The maximum atomic E-state index is 14.6. The van der Waals surface area contributed by atoms with Crippen molar-refractivity contribution < 1.29 is 28.2 Å². The van der Waals surface area contributed by atoms with E-state index in [0.29, 0.717) is 28.4 Å². The van der Waals surface area contributed by atoms with Crippen LogP contribution in [0.1, 0.15) is 5.56 Å². The Kier molecular flexibility index (Phi) is 6.49. The van der Waals surface area contributed by atoms with E-state index in [2.05, 4.69) is 10.3 Å². The molecule has 1 fully saturated rings. The summed E-state index contributed by atoms with van der Waals surface area (Å²) < 4.78 is 42.9. The number of carbonyl (C=O) groups excluding carboxylic acids is 1. The minimum absolute atomic E-state index is 0.0125. The standard InChI is InChI=1S/C21H21F3N4O3S/c22-13-1-2-17-19(9-13)32-20(25-17)26-21(31)28-5-3-27(4-6-28)18-10-15(23)12(8-16(18)24)7-14(30)11-29/h1-2,8-10,14,29-30H,3-7,11H2,(H,25,26,31). The molecule has 1 saturated heterocycles. The quantitative estimate of drug-likeness (QED) is 0.538. The molecule has 32 heavy (non-hydrogen) atoms. The van der Waals surface area contributed by atoms with Gasteiger partial charge in [0.05, 0.1) is 28.6 Å². The molecule has 11 heteroatoms. The zero-order chi connectivity index (χ0) is 22.8. The minimum atomic E-state index is -1.16. The zero-order valence-corrected chi connectivity index (χ0v) is 17.7. The van der Waals surface area contributed by atoms with Gasteiger partial charge in [0.2, 0.25) is 0 Å². The topological polar surface area (TPSA) is 88.9 Å². The molecule has 2 amide bonds. The van der Waals surface area contributed by atoms with E-state index in [4.69, 9.17) is 5.11 Å². The molecule has 170 valence electrons. The van der Waals surface area contributed by atoms with Crippen LogP contribution >= 0.6 is 11.3 Å². The van der Waals surface area contributed by atoms with E-state index in [1.807, 2.05) is 0 Å². The lowest BCUT2D eigenvalue weighted by Crippen LogP contribution is -2.50. The lowest BCUT2D eigenvalue weighted by Gasteiger charge is -2.36. The maximum absolute atomic E-state index is 14.6. The Morgan fingerprint density at radius 2 is 1.88 bits per heavy atom. The first-order valence-corrected chi connectivity index (χ1v) is 10.8. The van der Waals surface area contributed by atoms with Crippen LogP contribution in [0, 0.1) is 17.5 Å². The van der Waals surface area contributed by atoms with Gasteiger partial charge >= 0.3 is 6.03 Å². The van der Waals surface area contributed by atoms with Crippen LogP contribution in [0.2, 0.25) is 0 Å². The van der Waals surface area contributed by atoms with Gasteiger partial charge in [-0.3, -0.25) is 5.32 Å². The fraction of sp³-hybridized carbons (Fsp3) is 0.333. The Bertz CT molecular complexity index is 1130. The number of amides is 2. The predicted octanol–water partition coefficient (Wildman–Crippen LogP) is 2.96.